The molecule has 0 aliphatic heterocycles. The highest BCUT2D eigenvalue weighted by Gasteiger charge is 2.35. The van der Waals surface area contributed by atoms with Gasteiger partial charge in [0.15, 0.2) is 0 Å². The lowest BCUT2D eigenvalue weighted by molar-refractivity contribution is -0.137. The first kappa shape index (κ1) is 18.1. The number of hydrazine groups is 1. The molecule has 3 rings (SSSR count). The third kappa shape index (κ3) is 3.76. The number of anilines is 1. The van der Waals surface area contributed by atoms with Gasteiger partial charge in [-0.1, -0.05) is 23.7 Å². The van der Waals surface area contributed by atoms with E-state index in [-0.39, 0.29) is 23.5 Å². The molecule has 1 amide bonds. The van der Waals surface area contributed by atoms with Crippen molar-refractivity contribution >= 4 is 34.1 Å². The number of carbonyl (C=O) groups excluding carboxylic acids is 1. The van der Waals surface area contributed by atoms with Gasteiger partial charge in [0.25, 0.3) is 5.91 Å². The highest BCUT2D eigenvalue weighted by Crippen LogP contribution is 2.36. The molecular formula is C17H14ClF3N4O. The molecule has 9 heteroatoms. The highest BCUT2D eigenvalue weighted by atomic mass is 35.5. The van der Waals surface area contributed by atoms with Crippen LogP contribution in [0, 0.1) is 0 Å². The largest absolute Gasteiger partial charge is 0.418 e. The van der Waals surface area contributed by atoms with E-state index in [0.29, 0.717) is 5.02 Å². The van der Waals surface area contributed by atoms with Crippen LogP contribution in [0.1, 0.15) is 21.6 Å². The molecule has 0 atom stereocenters. The molecule has 0 aliphatic carbocycles. The van der Waals surface area contributed by atoms with Crippen LogP contribution in [0.3, 0.4) is 0 Å². The molecule has 0 radical (unpaired) electrons. The molecular weight excluding hydrogens is 369 g/mol. The first-order chi connectivity index (χ1) is 12.3. The summed E-state index contributed by atoms with van der Waals surface area (Å²) in [7, 11) is 0. The van der Waals surface area contributed by atoms with Crippen molar-refractivity contribution < 1.29 is 18.0 Å². The van der Waals surface area contributed by atoms with E-state index >= 15 is 0 Å². The minimum atomic E-state index is -4.58. The number of H-pyrrole nitrogens is 1. The Balaban J connectivity index is 1.70. The van der Waals surface area contributed by atoms with Crippen LogP contribution in [0.2, 0.25) is 5.02 Å². The van der Waals surface area contributed by atoms with Crippen LogP contribution in [-0.2, 0) is 12.7 Å². The van der Waals surface area contributed by atoms with Crippen molar-refractivity contribution in [2.24, 2.45) is 0 Å². The molecule has 1 heterocycles. The lowest BCUT2D eigenvalue weighted by Gasteiger charge is -2.15. The summed E-state index contributed by atoms with van der Waals surface area (Å²) in [5, 5.41) is 1.28. The maximum absolute atomic E-state index is 13.1. The predicted molar refractivity (Wildman–Crippen MR) is 93.5 cm³/mol. The minimum absolute atomic E-state index is 0.0683. The summed E-state index contributed by atoms with van der Waals surface area (Å²) in [6, 6.07) is 10.6. The van der Waals surface area contributed by atoms with E-state index in [1.165, 1.54) is 18.2 Å². The quantitative estimate of drug-likeness (QED) is 0.408. The number of benzene rings is 2. The zero-order chi connectivity index (χ0) is 18.9. The average molecular weight is 383 g/mol. The number of carbonyl (C=O) groups is 1. The summed E-state index contributed by atoms with van der Waals surface area (Å²) in [5.74, 6) is -0.519. The molecule has 2 aromatic carbocycles. The normalized spacial score (nSPS) is 11.7. The third-order valence-electron chi connectivity index (χ3n) is 3.77. The Morgan fingerprint density at radius 1 is 1.19 bits per heavy atom. The zero-order valence-electron chi connectivity index (χ0n) is 13.2. The summed E-state index contributed by atoms with van der Waals surface area (Å²) < 4.78 is 39.3. The topological polar surface area (TPSA) is 82.9 Å². The number of hydrogen-bond acceptors (Lipinski definition) is 3. The van der Waals surface area contributed by atoms with Crippen LogP contribution in [0.4, 0.5) is 18.9 Å². The number of fused-ring (bicyclic) bond motifs is 1. The summed E-state index contributed by atoms with van der Waals surface area (Å²) in [5.41, 5.74) is 9.91. The number of nitrogens with one attached hydrogen (secondary N) is 3. The van der Waals surface area contributed by atoms with Crippen molar-refractivity contribution in [3.63, 3.8) is 0 Å². The van der Waals surface area contributed by atoms with Gasteiger partial charge >= 0.3 is 6.18 Å². The number of rotatable bonds is 4. The van der Waals surface area contributed by atoms with Gasteiger partial charge in [-0.15, -0.1) is 0 Å². The second-order valence-electron chi connectivity index (χ2n) is 5.60. The van der Waals surface area contributed by atoms with Crippen LogP contribution >= 0.6 is 11.6 Å². The molecule has 3 aromatic rings. The second-order valence-corrected chi connectivity index (χ2v) is 6.04. The Hall–Kier alpha value is -2.71. The summed E-state index contributed by atoms with van der Waals surface area (Å²) in [6.07, 6.45) is -4.58. The van der Waals surface area contributed by atoms with Gasteiger partial charge < -0.3 is 10.7 Å². The van der Waals surface area contributed by atoms with Crippen molar-refractivity contribution in [1.82, 2.24) is 15.8 Å². The monoisotopic (exact) mass is 382 g/mol. The fraction of sp³-hybridized carbons (Fsp3) is 0.118. The maximum atomic E-state index is 13.1. The fourth-order valence-electron chi connectivity index (χ4n) is 2.63. The van der Waals surface area contributed by atoms with E-state index in [2.05, 4.69) is 15.8 Å². The molecule has 0 saturated carbocycles. The zero-order valence-corrected chi connectivity index (χ0v) is 14.0. The molecule has 26 heavy (non-hydrogen) atoms. The Kier molecular flexibility index (Phi) is 4.80. The van der Waals surface area contributed by atoms with Crippen LogP contribution in [0.5, 0.6) is 0 Å². The Morgan fingerprint density at radius 2 is 1.96 bits per heavy atom. The molecule has 5 N–H and O–H groups in total. The lowest BCUT2D eigenvalue weighted by atomic mass is 10.1. The molecule has 5 nitrogen and oxygen atoms in total. The van der Waals surface area contributed by atoms with Crippen molar-refractivity contribution in [3.05, 3.63) is 64.3 Å². The van der Waals surface area contributed by atoms with Gasteiger partial charge in [-0.3, -0.25) is 10.2 Å². The predicted octanol–water partition coefficient (Wildman–Crippen LogP) is 3.86. The lowest BCUT2D eigenvalue weighted by Crippen LogP contribution is -2.37. The summed E-state index contributed by atoms with van der Waals surface area (Å²) in [4.78, 5) is 15.1. The first-order valence-electron chi connectivity index (χ1n) is 7.52. The fourth-order valence-corrected chi connectivity index (χ4v) is 2.81. The molecule has 0 unspecified atom stereocenters. The van der Waals surface area contributed by atoms with E-state index in [0.717, 1.165) is 10.9 Å². The van der Waals surface area contributed by atoms with E-state index in [1.54, 1.807) is 24.3 Å². The van der Waals surface area contributed by atoms with Gasteiger partial charge in [-0.05, 0) is 35.9 Å². The molecule has 0 spiro atoms. The Bertz CT molecular complexity index is 968. The van der Waals surface area contributed by atoms with Crippen molar-refractivity contribution in [2.45, 2.75) is 12.7 Å². The van der Waals surface area contributed by atoms with Gasteiger partial charge in [0.05, 0.1) is 5.56 Å². The molecule has 1 aromatic heterocycles. The third-order valence-corrected chi connectivity index (χ3v) is 4.01. The van der Waals surface area contributed by atoms with Crippen LogP contribution in [0.25, 0.3) is 10.9 Å². The van der Waals surface area contributed by atoms with Crippen LogP contribution < -0.4 is 16.6 Å². The summed E-state index contributed by atoms with van der Waals surface area (Å²) in [6.45, 7) is -0.238. The molecule has 0 bridgehead atoms. The number of nitrogens with two attached hydrogens (primary N) is 1. The number of hydrogen-bond donors (Lipinski definition) is 4. The number of nitrogen functional groups attached to an aromatic ring is 1. The van der Waals surface area contributed by atoms with Gasteiger partial charge in [0.2, 0.25) is 0 Å². The van der Waals surface area contributed by atoms with E-state index in [9.17, 15) is 18.0 Å². The highest BCUT2D eigenvalue weighted by molar-refractivity contribution is 6.31. The van der Waals surface area contributed by atoms with Gasteiger partial charge in [-0.2, -0.15) is 13.2 Å². The number of alkyl halides is 3. The maximum Gasteiger partial charge on any atom is 0.418 e. The van der Waals surface area contributed by atoms with E-state index in [4.69, 9.17) is 17.3 Å². The van der Waals surface area contributed by atoms with Gasteiger partial charge in [-0.25, -0.2) is 5.43 Å². The van der Waals surface area contributed by atoms with Crippen molar-refractivity contribution in [3.8, 4) is 0 Å². The van der Waals surface area contributed by atoms with E-state index in [1.807, 2.05) is 0 Å². The standard InChI is InChI=1S/C17H14ClF3N4O/c18-11-4-5-13-10(6-11)7-14(24-13)16(26)25-23-8-9-2-1-3-12(22)15(9)17(19,20)21/h1-7,23-24H,8,22H2,(H,25,26). The van der Waals surface area contributed by atoms with Crippen molar-refractivity contribution in [2.75, 3.05) is 5.73 Å². The molecule has 0 saturated heterocycles. The van der Waals surface area contributed by atoms with Crippen LogP contribution in [-0.4, -0.2) is 10.9 Å². The van der Waals surface area contributed by atoms with Crippen molar-refractivity contribution in [1.29, 1.82) is 0 Å². The number of amides is 1. The summed E-state index contributed by atoms with van der Waals surface area (Å²) >= 11 is 5.89. The van der Waals surface area contributed by atoms with Crippen LogP contribution in [0.15, 0.2) is 42.5 Å². The first-order valence-corrected chi connectivity index (χ1v) is 7.89. The molecule has 0 aliphatic rings. The number of aromatic amines is 1. The SMILES string of the molecule is Nc1cccc(CNNC(=O)c2cc3cc(Cl)ccc3[nH]2)c1C(F)(F)F. The van der Waals surface area contributed by atoms with Gasteiger partial charge in [0.1, 0.15) is 5.69 Å². The average Bonchev–Trinajstić information content (AvgIpc) is 2.96. The molecule has 0 fully saturated rings. The smallest absolute Gasteiger partial charge is 0.398 e. The Labute approximate surface area is 151 Å². The Morgan fingerprint density at radius 3 is 2.69 bits per heavy atom. The number of halogens is 4. The minimum Gasteiger partial charge on any atom is -0.398 e. The second kappa shape index (κ2) is 6.89. The van der Waals surface area contributed by atoms with Gasteiger partial charge in [0, 0.05) is 28.2 Å². The number of aromatic nitrogens is 1. The molecule has 136 valence electrons. The van der Waals surface area contributed by atoms with E-state index < -0.39 is 17.6 Å².